The number of nitrogens with two attached hydrogens (primary N) is 1. The first-order valence-corrected chi connectivity index (χ1v) is 12.2. The van der Waals surface area contributed by atoms with Gasteiger partial charge in [-0.15, -0.1) is 0 Å². The smallest absolute Gasteiger partial charge is 0.249 e. The van der Waals surface area contributed by atoms with Crippen LogP contribution in [0.2, 0.25) is 0 Å². The van der Waals surface area contributed by atoms with Crippen LogP contribution in [0.25, 0.3) is 27.7 Å². The third kappa shape index (κ3) is 4.39. The lowest BCUT2D eigenvalue weighted by molar-refractivity contribution is 0.100. The Morgan fingerprint density at radius 1 is 1.09 bits per heavy atom. The number of rotatable bonds is 5. The maximum atomic E-state index is 12.5. The molecule has 1 fully saturated rings. The Balaban J connectivity index is 1.71. The molecule has 2 heterocycles. The number of nitrogens with one attached hydrogen (secondary N) is 1. The number of hydrogen-bond acceptors (Lipinski definition) is 3. The molecule has 5 rings (SSSR count). The molecule has 0 atom stereocenters. The predicted octanol–water partition coefficient (Wildman–Crippen LogP) is 4.78. The van der Waals surface area contributed by atoms with Crippen LogP contribution in [-0.4, -0.2) is 38.8 Å². The monoisotopic (exact) mass is 483 g/mol. The second-order valence-corrected chi connectivity index (χ2v) is 10.4. The zero-order chi connectivity index (χ0) is 24.7. The van der Waals surface area contributed by atoms with Gasteiger partial charge in [-0.25, -0.2) is 4.68 Å². The van der Waals surface area contributed by atoms with Crippen molar-refractivity contribution in [1.29, 1.82) is 0 Å². The van der Waals surface area contributed by atoms with Gasteiger partial charge < -0.3 is 16.0 Å². The van der Waals surface area contributed by atoms with Crippen LogP contribution in [0.15, 0.2) is 66.7 Å². The largest absolute Gasteiger partial charge is 0.366 e. The molecule has 4 aromatic rings. The zero-order valence-electron chi connectivity index (χ0n) is 20.2. The zero-order valence-corrected chi connectivity index (χ0v) is 21.0. The van der Waals surface area contributed by atoms with Gasteiger partial charge in [-0.1, -0.05) is 63.2 Å². The molecule has 1 aliphatic rings. The number of primary amides is 1. The first kappa shape index (κ1) is 23.1. The average Bonchev–Trinajstić information content (AvgIpc) is 3.45. The Bertz CT molecular complexity index is 1450. The molecule has 3 N–H and O–H groups in total. The van der Waals surface area contributed by atoms with Crippen molar-refractivity contribution in [3.05, 3.63) is 83.6 Å². The first-order chi connectivity index (χ1) is 16.7. The van der Waals surface area contributed by atoms with Crippen LogP contribution in [-0.2, 0) is 12.0 Å². The normalized spacial score (nSPS) is 13.9. The molecule has 0 radical (unpaired) electrons. The first-order valence-electron chi connectivity index (χ1n) is 11.8. The molecule has 0 aliphatic carbocycles. The predicted molar refractivity (Wildman–Crippen MR) is 145 cm³/mol. The van der Waals surface area contributed by atoms with E-state index in [9.17, 15) is 4.79 Å². The highest BCUT2D eigenvalue weighted by Crippen LogP contribution is 2.36. The van der Waals surface area contributed by atoms with Crippen LogP contribution in [0.3, 0.4) is 0 Å². The summed E-state index contributed by atoms with van der Waals surface area (Å²) in [6.07, 6.45) is 0. The molecule has 0 saturated carbocycles. The summed E-state index contributed by atoms with van der Waals surface area (Å²) >= 11 is 5.43. The minimum Gasteiger partial charge on any atom is -0.366 e. The summed E-state index contributed by atoms with van der Waals surface area (Å²) in [5.41, 5.74) is 10.8. The van der Waals surface area contributed by atoms with Crippen LogP contribution in [0.4, 0.5) is 0 Å². The van der Waals surface area contributed by atoms with E-state index >= 15 is 0 Å². The van der Waals surface area contributed by atoms with Crippen LogP contribution in [0.1, 0.15) is 42.4 Å². The molecule has 1 saturated heterocycles. The third-order valence-electron chi connectivity index (χ3n) is 6.40. The van der Waals surface area contributed by atoms with Crippen LogP contribution in [0, 0.1) is 0 Å². The van der Waals surface area contributed by atoms with Crippen LogP contribution in [0.5, 0.6) is 0 Å². The van der Waals surface area contributed by atoms with Gasteiger partial charge in [0.1, 0.15) is 0 Å². The van der Waals surface area contributed by atoms with Gasteiger partial charge in [-0.2, -0.15) is 5.10 Å². The fraction of sp³-hybridized carbons (Fsp3) is 0.250. The van der Waals surface area contributed by atoms with Crippen LogP contribution < -0.4 is 11.1 Å². The molecular weight excluding hydrogens is 454 g/mol. The average molecular weight is 484 g/mol. The number of hydrogen-bond donors (Lipinski definition) is 2. The topological polar surface area (TPSA) is 76.2 Å². The van der Waals surface area contributed by atoms with Gasteiger partial charge in [0.2, 0.25) is 5.91 Å². The summed E-state index contributed by atoms with van der Waals surface area (Å²) < 4.78 is 1.94. The highest BCUT2D eigenvalue weighted by molar-refractivity contribution is 7.80. The van der Waals surface area contributed by atoms with Crippen molar-refractivity contribution >= 4 is 34.0 Å². The summed E-state index contributed by atoms with van der Waals surface area (Å²) in [6.45, 7) is 8.90. The van der Waals surface area contributed by atoms with Crippen molar-refractivity contribution in [3.63, 3.8) is 0 Å². The number of fused-ring (bicyclic) bond motifs is 1. The number of carbonyl (C=O) groups excluding carboxylic acids is 1. The maximum absolute atomic E-state index is 12.5. The Labute approximate surface area is 210 Å². The molecule has 0 spiro atoms. The fourth-order valence-electron chi connectivity index (χ4n) is 4.54. The van der Waals surface area contributed by atoms with E-state index in [1.165, 1.54) is 0 Å². The van der Waals surface area contributed by atoms with Gasteiger partial charge in [-0.3, -0.25) is 4.79 Å². The van der Waals surface area contributed by atoms with Gasteiger partial charge >= 0.3 is 0 Å². The van der Waals surface area contributed by atoms with Crippen molar-refractivity contribution in [2.45, 2.75) is 32.7 Å². The van der Waals surface area contributed by atoms with Crippen molar-refractivity contribution in [1.82, 2.24) is 20.0 Å². The fourth-order valence-corrected chi connectivity index (χ4v) is 4.80. The summed E-state index contributed by atoms with van der Waals surface area (Å²) in [6, 6.07) is 22.2. The summed E-state index contributed by atoms with van der Waals surface area (Å²) in [5.74, 6) is -0.459. The quantitative estimate of drug-likeness (QED) is 0.400. The number of aromatic nitrogens is 2. The third-order valence-corrected chi connectivity index (χ3v) is 6.80. The molecule has 6 nitrogen and oxygen atoms in total. The van der Waals surface area contributed by atoms with E-state index in [1.807, 2.05) is 53.2 Å². The van der Waals surface area contributed by atoms with E-state index in [2.05, 4.69) is 49.2 Å². The standard InChI is InChI=1S/C28H29N5OS/c1-28(2,3)24-16-23(25-21-10-5-4-8-19(21)11-12-22(25)26(29)34)33(31-24)20-9-6-7-18(15-20)17-32-14-13-30-27(32)35/h4-12,15-16H,13-14,17H2,1-3H3,(H2,29,34)(H,30,35). The lowest BCUT2D eigenvalue weighted by atomic mass is 9.90. The van der Waals surface area contributed by atoms with Crippen molar-refractivity contribution in [3.8, 4) is 16.9 Å². The minimum absolute atomic E-state index is 0.178. The van der Waals surface area contributed by atoms with Gasteiger partial charge in [0.05, 0.1) is 17.1 Å². The van der Waals surface area contributed by atoms with Crippen molar-refractivity contribution < 1.29 is 4.79 Å². The van der Waals surface area contributed by atoms with Crippen molar-refractivity contribution in [2.75, 3.05) is 13.1 Å². The van der Waals surface area contributed by atoms with E-state index in [-0.39, 0.29) is 5.41 Å². The Morgan fingerprint density at radius 3 is 2.60 bits per heavy atom. The highest BCUT2D eigenvalue weighted by atomic mass is 32.1. The molecule has 1 amide bonds. The van der Waals surface area contributed by atoms with E-state index in [4.69, 9.17) is 23.1 Å². The SMILES string of the molecule is CC(C)(C)c1cc(-c2c(C(N)=O)ccc3ccccc23)n(-c2cccc(CN3CCNC3=S)c2)n1. The summed E-state index contributed by atoms with van der Waals surface area (Å²) in [7, 11) is 0. The lowest BCUT2D eigenvalue weighted by Gasteiger charge is -2.18. The summed E-state index contributed by atoms with van der Waals surface area (Å²) in [4.78, 5) is 14.7. The Kier molecular flexibility index (Phi) is 5.81. The number of amides is 1. The molecule has 1 aromatic heterocycles. The second-order valence-electron chi connectivity index (χ2n) is 9.97. The molecule has 7 heteroatoms. The van der Waals surface area contributed by atoms with E-state index in [1.54, 1.807) is 0 Å². The van der Waals surface area contributed by atoms with E-state index < -0.39 is 5.91 Å². The Morgan fingerprint density at radius 2 is 1.89 bits per heavy atom. The number of nitrogens with zero attached hydrogens (tertiary/aromatic N) is 3. The molecular formula is C28H29N5OS. The molecule has 0 unspecified atom stereocenters. The minimum atomic E-state index is -0.459. The molecule has 1 aliphatic heterocycles. The van der Waals surface area contributed by atoms with Gasteiger partial charge in [0.25, 0.3) is 0 Å². The number of carbonyl (C=O) groups is 1. The molecule has 178 valence electrons. The van der Waals surface area contributed by atoms with E-state index in [0.29, 0.717) is 5.56 Å². The molecule has 35 heavy (non-hydrogen) atoms. The van der Waals surface area contributed by atoms with Gasteiger partial charge in [0, 0.05) is 36.2 Å². The Hall–Kier alpha value is -3.71. The molecule has 3 aromatic carbocycles. The summed E-state index contributed by atoms with van der Waals surface area (Å²) in [5, 5.41) is 11.0. The second kappa shape index (κ2) is 8.82. The van der Waals surface area contributed by atoms with Gasteiger partial charge in [-0.05, 0) is 52.8 Å². The maximum Gasteiger partial charge on any atom is 0.249 e. The van der Waals surface area contributed by atoms with Crippen LogP contribution >= 0.6 is 12.2 Å². The number of benzene rings is 3. The highest BCUT2D eigenvalue weighted by Gasteiger charge is 2.25. The van der Waals surface area contributed by atoms with Gasteiger partial charge in [0.15, 0.2) is 5.11 Å². The van der Waals surface area contributed by atoms with E-state index in [0.717, 1.165) is 63.7 Å². The number of thiocarbonyl (C=S) groups is 1. The van der Waals surface area contributed by atoms with Crippen molar-refractivity contribution in [2.24, 2.45) is 5.73 Å². The molecule has 0 bridgehead atoms. The lowest BCUT2D eigenvalue weighted by Crippen LogP contribution is -2.27.